The van der Waals surface area contributed by atoms with E-state index in [9.17, 15) is 4.79 Å². The predicted molar refractivity (Wildman–Crippen MR) is 78.0 cm³/mol. The molecule has 1 fully saturated rings. The van der Waals surface area contributed by atoms with Crippen molar-refractivity contribution in [1.82, 2.24) is 4.90 Å². The van der Waals surface area contributed by atoms with Gasteiger partial charge in [0.25, 0.3) is 5.91 Å². The van der Waals surface area contributed by atoms with E-state index in [1.54, 1.807) is 6.07 Å². The fourth-order valence-electron chi connectivity index (χ4n) is 2.00. The summed E-state index contributed by atoms with van der Waals surface area (Å²) >= 11 is 9.56. The Balaban J connectivity index is 2.25. The molecule has 1 amide bonds. The maximum Gasteiger partial charge on any atom is 0.255 e. The van der Waals surface area contributed by atoms with Crippen LogP contribution in [0.4, 0.5) is 0 Å². The molecule has 0 bridgehead atoms. The Morgan fingerprint density at radius 2 is 2.17 bits per heavy atom. The number of nitrogens with zero attached hydrogens (tertiary/aromatic N) is 1. The lowest BCUT2D eigenvalue weighted by molar-refractivity contribution is 0.0722. The standard InChI is InChI=1S/C14H17BrClNO/c1-9(2)8-17(10-6-7-10)14(18)11-4-3-5-12(15)13(11)16/h3-5,9-10H,6-8H2,1-2H3. The zero-order valence-electron chi connectivity index (χ0n) is 10.6. The molecule has 0 heterocycles. The number of amides is 1. The first-order valence-electron chi connectivity index (χ1n) is 6.25. The van der Waals surface area contributed by atoms with Crippen LogP contribution in [0.2, 0.25) is 5.02 Å². The van der Waals surface area contributed by atoms with Crippen LogP contribution in [0.15, 0.2) is 22.7 Å². The van der Waals surface area contributed by atoms with Crippen LogP contribution in [0.3, 0.4) is 0 Å². The fraction of sp³-hybridized carbons (Fsp3) is 0.500. The van der Waals surface area contributed by atoms with Crippen molar-refractivity contribution in [3.63, 3.8) is 0 Å². The van der Waals surface area contributed by atoms with Crippen LogP contribution >= 0.6 is 27.5 Å². The molecule has 1 aromatic carbocycles. The van der Waals surface area contributed by atoms with Crippen molar-refractivity contribution in [2.24, 2.45) is 5.92 Å². The van der Waals surface area contributed by atoms with Gasteiger partial charge in [0.2, 0.25) is 0 Å². The lowest BCUT2D eigenvalue weighted by Gasteiger charge is -2.25. The minimum absolute atomic E-state index is 0.0532. The second-order valence-electron chi connectivity index (χ2n) is 5.18. The predicted octanol–water partition coefficient (Wildman–Crippen LogP) is 4.36. The molecular formula is C14H17BrClNO. The number of hydrogen-bond acceptors (Lipinski definition) is 1. The van der Waals surface area contributed by atoms with Gasteiger partial charge in [0.15, 0.2) is 0 Å². The highest BCUT2D eigenvalue weighted by Gasteiger charge is 2.34. The largest absolute Gasteiger partial charge is 0.335 e. The molecule has 0 N–H and O–H groups in total. The summed E-state index contributed by atoms with van der Waals surface area (Å²) in [5, 5.41) is 0.511. The van der Waals surface area contributed by atoms with Gasteiger partial charge in [-0.25, -0.2) is 0 Å². The van der Waals surface area contributed by atoms with Gasteiger partial charge in [0, 0.05) is 17.1 Å². The molecule has 0 aromatic heterocycles. The highest BCUT2D eigenvalue weighted by atomic mass is 79.9. The van der Waals surface area contributed by atoms with Gasteiger partial charge in [-0.3, -0.25) is 4.79 Å². The normalized spacial score (nSPS) is 14.9. The number of carbonyl (C=O) groups excluding carboxylic acids is 1. The third kappa shape index (κ3) is 3.07. The van der Waals surface area contributed by atoms with Crippen molar-refractivity contribution >= 4 is 33.4 Å². The minimum atomic E-state index is 0.0532. The van der Waals surface area contributed by atoms with Crippen LogP contribution in [-0.2, 0) is 0 Å². The van der Waals surface area contributed by atoms with Crippen molar-refractivity contribution in [3.05, 3.63) is 33.3 Å². The van der Waals surface area contributed by atoms with E-state index in [0.29, 0.717) is 22.5 Å². The smallest absolute Gasteiger partial charge is 0.255 e. The molecule has 0 atom stereocenters. The highest BCUT2D eigenvalue weighted by molar-refractivity contribution is 9.10. The summed E-state index contributed by atoms with van der Waals surface area (Å²) in [5.74, 6) is 0.526. The van der Waals surface area contributed by atoms with E-state index in [2.05, 4.69) is 29.8 Å². The van der Waals surface area contributed by atoms with Gasteiger partial charge >= 0.3 is 0 Å². The van der Waals surface area contributed by atoms with E-state index in [4.69, 9.17) is 11.6 Å². The van der Waals surface area contributed by atoms with Crippen molar-refractivity contribution < 1.29 is 4.79 Å². The first-order valence-corrected chi connectivity index (χ1v) is 7.42. The number of halogens is 2. The third-order valence-electron chi connectivity index (χ3n) is 2.99. The SMILES string of the molecule is CC(C)CN(C(=O)c1cccc(Br)c1Cl)C1CC1. The second-order valence-corrected chi connectivity index (χ2v) is 6.42. The summed E-state index contributed by atoms with van der Waals surface area (Å²) < 4.78 is 0.773. The molecule has 98 valence electrons. The van der Waals surface area contributed by atoms with E-state index >= 15 is 0 Å². The number of carbonyl (C=O) groups is 1. The summed E-state index contributed by atoms with van der Waals surface area (Å²) in [6.45, 7) is 5.06. The molecule has 18 heavy (non-hydrogen) atoms. The van der Waals surface area contributed by atoms with E-state index in [1.807, 2.05) is 17.0 Å². The molecule has 4 heteroatoms. The monoisotopic (exact) mass is 329 g/mol. The molecule has 1 aliphatic carbocycles. The summed E-state index contributed by atoms with van der Waals surface area (Å²) in [5.41, 5.74) is 0.596. The third-order valence-corrected chi connectivity index (χ3v) is 4.29. The minimum Gasteiger partial charge on any atom is -0.335 e. The van der Waals surface area contributed by atoms with Gasteiger partial charge in [0.05, 0.1) is 10.6 Å². The van der Waals surface area contributed by atoms with Gasteiger partial charge < -0.3 is 4.90 Å². The quantitative estimate of drug-likeness (QED) is 0.803. The van der Waals surface area contributed by atoms with Crippen LogP contribution in [0.1, 0.15) is 37.0 Å². The molecule has 0 unspecified atom stereocenters. The summed E-state index contributed by atoms with van der Waals surface area (Å²) in [4.78, 5) is 14.5. The highest BCUT2D eigenvalue weighted by Crippen LogP contribution is 2.32. The first kappa shape index (κ1) is 13.9. The number of hydrogen-bond donors (Lipinski definition) is 0. The first-order chi connectivity index (χ1) is 8.50. The lowest BCUT2D eigenvalue weighted by atomic mass is 10.1. The van der Waals surface area contributed by atoms with E-state index in [-0.39, 0.29) is 5.91 Å². The summed E-state index contributed by atoms with van der Waals surface area (Å²) in [6.07, 6.45) is 2.23. The Morgan fingerprint density at radius 3 is 2.72 bits per heavy atom. The van der Waals surface area contributed by atoms with Gasteiger partial charge in [0.1, 0.15) is 0 Å². The average Bonchev–Trinajstić information content (AvgIpc) is 3.12. The molecule has 1 saturated carbocycles. The van der Waals surface area contributed by atoms with Gasteiger partial charge in [-0.1, -0.05) is 31.5 Å². The Kier molecular flexibility index (Phi) is 4.33. The van der Waals surface area contributed by atoms with Crippen molar-refractivity contribution in [1.29, 1.82) is 0 Å². The van der Waals surface area contributed by atoms with E-state index in [0.717, 1.165) is 23.9 Å². The Bertz CT molecular complexity index is 457. The zero-order chi connectivity index (χ0) is 13.3. The fourth-order valence-corrected chi connectivity index (χ4v) is 2.57. The maximum absolute atomic E-state index is 12.6. The molecule has 0 radical (unpaired) electrons. The molecule has 2 nitrogen and oxygen atoms in total. The Labute approximate surface area is 121 Å². The molecule has 0 saturated heterocycles. The lowest BCUT2D eigenvalue weighted by Crippen LogP contribution is -2.36. The molecule has 0 spiro atoms. The average molecular weight is 331 g/mol. The van der Waals surface area contributed by atoms with Crippen LogP contribution in [0.5, 0.6) is 0 Å². The van der Waals surface area contributed by atoms with E-state index < -0.39 is 0 Å². The second kappa shape index (κ2) is 5.62. The van der Waals surface area contributed by atoms with E-state index in [1.165, 1.54) is 0 Å². The van der Waals surface area contributed by atoms with Crippen LogP contribution in [0, 0.1) is 5.92 Å². The Hall–Kier alpha value is -0.540. The maximum atomic E-state index is 12.6. The summed E-state index contributed by atoms with van der Waals surface area (Å²) in [6, 6.07) is 5.91. The van der Waals surface area contributed by atoms with Crippen molar-refractivity contribution in [3.8, 4) is 0 Å². The molecule has 1 aromatic rings. The van der Waals surface area contributed by atoms with Crippen LogP contribution in [-0.4, -0.2) is 23.4 Å². The Morgan fingerprint density at radius 1 is 1.50 bits per heavy atom. The van der Waals surface area contributed by atoms with Crippen molar-refractivity contribution in [2.45, 2.75) is 32.7 Å². The van der Waals surface area contributed by atoms with Gasteiger partial charge in [-0.2, -0.15) is 0 Å². The topological polar surface area (TPSA) is 20.3 Å². The zero-order valence-corrected chi connectivity index (χ0v) is 13.0. The van der Waals surface area contributed by atoms with Gasteiger partial charge in [-0.05, 0) is 46.8 Å². The molecule has 2 rings (SSSR count). The van der Waals surface area contributed by atoms with Gasteiger partial charge in [-0.15, -0.1) is 0 Å². The van der Waals surface area contributed by atoms with Crippen LogP contribution < -0.4 is 0 Å². The van der Waals surface area contributed by atoms with Crippen molar-refractivity contribution in [2.75, 3.05) is 6.54 Å². The molecule has 0 aliphatic heterocycles. The molecule has 1 aliphatic rings. The molecular weight excluding hydrogens is 314 g/mol. The number of benzene rings is 1. The summed E-state index contributed by atoms with van der Waals surface area (Å²) in [7, 11) is 0. The van der Waals surface area contributed by atoms with Crippen LogP contribution in [0.25, 0.3) is 0 Å². The number of rotatable bonds is 4.